The molecule has 12 heteroatoms. The summed E-state index contributed by atoms with van der Waals surface area (Å²) in [5.41, 5.74) is 1.30. The third-order valence-electron chi connectivity index (χ3n) is 4.34. The minimum Gasteiger partial charge on any atom is -0.452 e. The average molecular weight is 454 g/mol. The van der Waals surface area contributed by atoms with E-state index < -0.39 is 33.4 Å². The summed E-state index contributed by atoms with van der Waals surface area (Å²) in [4.78, 5) is 34.3. The topological polar surface area (TPSA) is 136 Å². The first-order chi connectivity index (χ1) is 14.1. The van der Waals surface area contributed by atoms with Crippen LogP contribution in [0.5, 0.6) is 0 Å². The van der Waals surface area contributed by atoms with E-state index in [2.05, 4.69) is 5.32 Å². The van der Waals surface area contributed by atoms with E-state index in [4.69, 9.17) is 16.3 Å². The Bertz CT molecular complexity index is 1150. The molecule has 0 radical (unpaired) electrons. The third kappa shape index (κ3) is 4.69. The standard InChI is InChI=1S/C18H16ClN3O7S/c1-30(27,28)21-7-6-11-8-12(2-5-16(11)21)18(24)29-10-17(23)20-15-4-3-13(22(25)26)9-14(15)19/h2-5,8-9H,6-7,10H2,1H3,(H,20,23). The Morgan fingerprint density at radius 1 is 1.27 bits per heavy atom. The lowest BCUT2D eigenvalue weighted by Crippen LogP contribution is -2.27. The van der Waals surface area contributed by atoms with Gasteiger partial charge in [0.2, 0.25) is 10.0 Å². The zero-order chi connectivity index (χ0) is 22.1. The second-order valence-electron chi connectivity index (χ2n) is 6.47. The van der Waals surface area contributed by atoms with Crippen molar-refractivity contribution in [3.05, 3.63) is 62.7 Å². The van der Waals surface area contributed by atoms with E-state index in [1.54, 1.807) is 0 Å². The van der Waals surface area contributed by atoms with Crippen molar-refractivity contribution < 1.29 is 27.7 Å². The summed E-state index contributed by atoms with van der Waals surface area (Å²) in [6, 6.07) is 8.03. The largest absolute Gasteiger partial charge is 0.452 e. The summed E-state index contributed by atoms with van der Waals surface area (Å²) in [5.74, 6) is -1.43. The Morgan fingerprint density at radius 2 is 2.00 bits per heavy atom. The number of nitrogens with zero attached hydrogens (tertiary/aromatic N) is 2. The number of esters is 1. The van der Waals surface area contributed by atoms with Crippen LogP contribution < -0.4 is 9.62 Å². The van der Waals surface area contributed by atoms with E-state index in [-0.39, 0.29) is 22.0 Å². The van der Waals surface area contributed by atoms with Gasteiger partial charge in [-0.1, -0.05) is 11.6 Å². The highest BCUT2D eigenvalue weighted by atomic mass is 35.5. The molecule has 1 amide bonds. The number of sulfonamides is 1. The quantitative estimate of drug-likeness (QED) is 0.402. The lowest BCUT2D eigenvalue weighted by molar-refractivity contribution is -0.384. The monoisotopic (exact) mass is 453 g/mol. The molecular weight excluding hydrogens is 438 g/mol. The van der Waals surface area contributed by atoms with E-state index in [1.807, 2.05) is 0 Å². The number of hydrogen-bond donors (Lipinski definition) is 1. The molecule has 1 aliphatic rings. The molecule has 0 unspecified atom stereocenters. The number of carbonyl (C=O) groups excluding carboxylic acids is 2. The van der Waals surface area contributed by atoms with Crippen molar-refractivity contribution in [3.63, 3.8) is 0 Å². The van der Waals surface area contributed by atoms with Gasteiger partial charge in [0.05, 0.1) is 33.1 Å². The molecule has 10 nitrogen and oxygen atoms in total. The van der Waals surface area contributed by atoms with E-state index >= 15 is 0 Å². The van der Waals surface area contributed by atoms with Gasteiger partial charge < -0.3 is 10.1 Å². The molecule has 2 aromatic rings. The van der Waals surface area contributed by atoms with Gasteiger partial charge in [0.1, 0.15) is 0 Å². The minimum absolute atomic E-state index is 0.0297. The first-order valence-electron chi connectivity index (χ1n) is 8.58. The zero-order valence-electron chi connectivity index (χ0n) is 15.6. The van der Waals surface area contributed by atoms with E-state index in [9.17, 15) is 28.1 Å². The second kappa shape index (κ2) is 8.28. The van der Waals surface area contributed by atoms with Crippen LogP contribution in [0.3, 0.4) is 0 Å². The molecule has 0 aliphatic carbocycles. The van der Waals surface area contributed by atoms with Gasteiger partial charge in [-0.15, -0.1) is 0 Å². The normalized spacial score (nSPS) is 12.9. The number of fused-ring (bicyclic) bond motifs is 1. The smallest absolute Gasteiger partial charge is 0.338 e. The molecule has 30 heavy (non-hydrogen) atoms. The molecule has 0 saturated heterocycles. The Labute approximate surface area is 176 Å². The van der Waals surface area contributed by atoms with Crippen LogP contribution in [-0.4, -0.2) is 44.6 Å². The number of non-ortho nitro benzene ring substituents is 1. The maximum absolute atomic E-state index is 12.2. The Balaban J connectivity index is 1.61. The second-order valence-corrected chi connectivity index (χ2v) is 8.79. The van der Waals surface area contributed by atoms with Crippen molar-refractivity contribution in [1.82, 2.24) is 0 Å². The van der Waals surface area contributed by atoms with Crippen LogP contribution in [0.4, 0.5) is 17.1 Å². The summed E-state index contributed by atoms with van der Waals surface area (Å²) in [5, 5.41) is 13.1. The molecule has 0 saturated carbocycles. The zero-order valence-corrected chi connectivity index (χ0v) is 17.2. The van der Waals surface area contributed by atoms with Crippen molar-refractivity contribution in [2.24, 2.45) is 0 Å². The number of nitro benzene ring substituents is 1. The molecule has 1 heterocycles. The fourth-order valence-electron chi connectivity index (χ4n) is 2.96. The minimum atomic E-state index is -3.40. The van der Waals surface area contributed by atoms with E-state index in [1.165, 1.54) is 34.6 Å². The van der Waals surface area contributed by atoms with Crippen LogP contribution in [0.1, 0.15) is 15.9 Å². The SMILES string of the molecule is CS(=O)(=O)N1CCc2cc(C(=O)OCC(=O)Nc3ccc([N+](=O)[O-])cc3Cl)ccc21. The number of ether oxygens (including phenoxy) is 1. The summed E-state index contributed by atoms with van der Waals surface area (Å²) >= 11 is 5.90. The number of nitro groups is 1. The molecular formula is C18H16ClN3O7S. The molecule has 0 spiro atoms. The first-order valence-corrected chi connectivity index (χ1v) is 10.8. The summed E-state index contributed by atoms with van der Waals surface area (Å²) in [6.45, 7) is -0.302. The van der Waals surface area contributed by atoms with Gasteiger partial charge in [-0.3, -0.25) is 19.2 Å². The van der Waals surface area contributed by atoms with Crippen LogP contribution in [0.25, 0.3) is 0 Å². The highest BCUT2D eigenvalue weighted by Crippen LogP contribution is 2.31. The lowest BCUT2D eigenvalue weighted by Gasteiger charge is -2.16. The fraction of sp³-hybridized carbons (Fsp3) is 0.222. The summed E-state index contributed by atoms with van der Waals surface area (Å²) < 4.78 is 29.8. The molecule has 1 N–H and O–H groups in total. The number of benzene rings is 2. The van der Waals surface area contributed by atoms with Crippen LogP contribution >= 0.6 is 11.6 Å². The third-order valence-corrected chi connectivity index (χ3v) is 5.83. The van der Waals surface area contributed by atoms with Gasteiger partial charge in [0.25, 0.3) is 11.6 Å². The van der Waals surface area contributed by atoms with Crippen molar-refractivity contribution in [1.29, 1.82) is 0 Å². The summed E-state index contributed by atoms with van der Waals surface area (Å²) in [6.07, 6.45) is 1.57. The fourth-order valence-corrected chi connectivity index (χ4v) is 4.14. The molecule has 158 valence electrons. The molecule has 1 aliphatic heterocycles. The lowest BCUT2D eigenvalue weighted by atomic mass is 10.1. The first kappa shape index (κ1) is 21.5. The van der Waals surface area contributed by atoms with Crippen molar-refractivity contribution in [3.8, 4) is 0 Å². The molecule has 0 fully saturated rings. The number of hydrogen-bond acceptors (Lipinski definition) is 7. The van der Waals surface area contributed by atoms with Crippen LogP contribution in [0.15, 0.2) is 36.4 Å². The molecule has 2 aromatic carbocycles. The maximum Gasteiger partial charge on any atom is 0.338 e. The molecule has 0 bridgehead atoms. The predicted octanol–water partition coefficient (Wildman–Crippen LogP) is 2.37. The number of rotatable bonds is 6. The van der Waals surface area contributed by atoms with Crippen molar-refractivity contribution in [2.75, 3.05) is 29.0 Å². The Hall–Kier alpha value is -3.18. The predicted molar refractivity (Wildman–Crippen MR) is 109 cm³/mol. The van der Waals surface area contributed by atoms with E-state index in [0.29, 0.717) is 24.2 Å². The van der Waals surface area contributed by atoms with Crippen molar-refractivity contribution in [2.45, 2.75) is 6.42 Å². The highest BCUT2D eigenvalue weighted by molar-refractivity contribution is 7.92. The van der Waals surface area contributed by atoms with Gasteiger partial charge in [-0.25, -0.2) is 13.2 Å². The molecule has 0 aromatic heterocycles. The number of halogens is 1. The number of nitrogens with one attached hydrogen (secondary N) is 1. The number of amides is 1. The number of anilines is 2. The van der Waals surface area contributed by atoms with Crippen LogP contribution in [-0.2, 0) is 26.0 Å². The Morgan fingerprint density at radius 3 is 2.63 bits per heavy atom. The van der Waals surface area contributed by atoms with Gasteiger partial charge in [-0.05, 0) is 36.2 Å². The molecule has 3 rings (SSSR count). The van der Waals surface area contributed by atoms with Crippen molar-refractivity contribution >= 4 is 50.6 Å². The maximum atomic E-state index is 12.2. The Kier molecular flexibility index (Phi) is 5.94. The van der Waals surface area contributed by atoms with Gasteiger partial charge in [0.15, 0.2) is 6.61 Å². The molecule has 0 atom stereocenters. The van der Waals surface area contributed by atoms with Gasteiger partial charge in [-0.2, -0.15) is 0 Å². The van der Waals surface area contributed by atoms with Crippen LogP contribution in [0, 0.1) is 10.1 Å². The summed E-state index contributed by atoms with van der Waals surface area (Å²) in [7, 11) is -3.40. The van der Waals surface area contributed by atoms with E-state index in [0.717, 1.165) is 12.3 Å². The highest BCUT2D eigenvalue weighted by Gasteiger charge is 2.27. The number of carbonyl (C=O) groups is 2. The van der Waals surface area contributed by atoms with Crippen LogP contribution in [0.2, 0.25) is 5.02 Å². The van der Waals surface area contributed by atoms with Gasteiger partial charge >= 0.3 is 5.97 Å². The van der Waals surface area contributed by atoms with Gasteiger partial charge in [0, 0.05) is 18.7 Å². The average Bonchev–Trinajstić information content (AvgIpc) is 3.11.